The molecule has 2 N–H and O–H groups in total. The predicted octanol–water partition coefficient (Wildman–Crippen LogP) is 2.16. The topological polar surface area (TPSA) is 62.2 Å². The summed E-state index contributed by atoms with van der Waals surface area (Å²) in [5.41, 5.74) is 0.632. The van der Waals surface area contributed by atoms with Gasteiger partial charge < -0.3 is 10.4 Å². The first kappa shape index (κ1) is 11.2. The fraction of sp³-hybridized carbons (Fsp3) is 0.273. The summed E-state index contributed by atoms with van der Waals surface area (Å²) in [5.74, 6) is -1.01. The highest BCUT2D eigenvalue weighted by atomic mass is 16.4. The van der Waals surface area contributed by atoms with E-state index in [1.165, 1.54) is 6.20 Å². The molecule has 0 aromatic carbocycles. The van der Waals surface area contributed by atoms with Crippen molar-refractivity contribution >= 4 is 11.7 Å². The van der Waals surface area contributed by atoms with Crippen LogP contribution in [0.5, 0.6) is 0 Å². The van der Waals surface area contributed by atoms with Crippen LogP contribution in [-0.4, -0.2) is 22.6 Å². The maximum Gasteiger partial charge on any atom is 0.356 e. The van der Waals surface area contributed by atoms with Gasteiger partial charge >= 0.3 is 5.97 Å². The first-order valence-electron chi connectivity index (χ1n) is 4.79. The molecule has 1 heterocycles. The SMILES string of the molecule is C/C=C/CCNc1cccnc1C(=O)O. The van der Waals surface area contributed by atoms with Crippen LogP contribution in [0.15, 0.2) is 30.5 Å². The van der Waals surface area contributed by atoms with E-state index in [-0.39, 0.29) is 5.69 Å². The van der Waals surface area contributed by atoms with E-state index in [1.54, 1.807) is 12.1 Å². The molecule has 0 atom stereocenters. The monoisotopic (exact) mass is 206 g/mol. The van der Waals surface area contributed by atoms with Crippen molar-refractivity contribution < 1.29 is 9.90 Å². The maximum absolute atomic E-state index is 10.8. The minimum absolute atomic E-state index is 0.0676. The van der Waals surface area contributed by atoms with Crippen molar-refractivity contribution in [1.29, 1.82) is 0 Å². The number of nitrogens with zero attached hydrogens (tertiary/aromatic N) is 1. The van der Waals surface area contributed by atoms with Gasteiger partial charge in [0.1, 0.15) is 0 Å². The van der Waals surface area contributed by atoms with E-state index in [4.69, 9.17) is 5.11 Å². The molecule has 0 aliphatic carbocycles. The molecule has 0 aliphatic heterocycles. The second-order valence-corrected chi connectivity index (χ2v) is 2.99. The number of carbonyl (C=O) groups is 1. The molecule has 0 fully saturated rings. The first-order valence-corrected chi connectivity index (χ1v) is 4.79. The summed E-state index contributed by atoms with van der Waals surface area (Å²) in [6.45, 7) is 2.66. The highest BCUT2D eigenvalue weighted by Gasteiger charge is 2.09. The molecule has 0 aliphatic rings. The number of hydrogen-bond donors (Lipinski definition) is 2. The highest BCUT2D eigenvalue weighted by molar-refractivity contribution is 5.91. The number of carboxylic acid groups (broad SMARTS) is 1. The Bertz CT molecular complexity index is 361. The Hall–Kier alpha value is -1.84. The standard InChI is InChI=1S/C11H14N2O2/c1-2-3-4-7-12-9-6-5-8-13-10(9)11(14)15/h2-3,5-6,8,12H,4,7H2,1H3,(H,14,15)/b3-2+. The number of allylic oxidation sites excluding steroid dienone is 1. The van der Waals surface area contributed by atoms with Crippen molar-refractivity contribution in [3.8, 4) is 0 Å². The van der Waals surface area contributed by atoms with Crippen molar-refractivity contribution in [1.82, 2.24) is 4.98 Å². The van der Waals surface area contributed by atoms with Crippen LogP contribution in [0.4, 0.5) is 5.69 Å². The third-order valence-electron chi connectivity index (χ3n) is 1.87. The number of aromatic carboxylic acids is 1. The summed E-state index contributed by atoms with van der Waals surface area (Å²) < 4.78 is 0. The molecule has 15 heavy (non-hydrogen) atoms. The Kier molecular flexibility index (Phi) is 4.34. The number of nitrogens with one attached hydrogen (secondary N) is 1. The van der Waals surface area contributed by atoms with Crippen molar-refractivity contribution in [3.63, 3.8) is 0 Å². The number of aromatic nitrogens is 1. The molecular formula is C11H14N2O2. The molecule has 4 nitrogen and oxygen atoms in total. The fourth-order valence-electron chi connectivity index (χ4n) is 1.18. The van der Waals surface area contributed by atoms with Crippen molar-refractivity contribution in [2.75, 3.05) is 11.9 Å². The fourth-order valence-corrected chi connectivity index (χ4v) is 1.18. The lowest BCUT2D eigenvalue weighted by Gasteiger charge is -2.06. The number of pyridine rings is 1. The molecule has 1 aromatic rings. The second-order valence-electron chi connectivity index (χ2n) is 2.99. The summed E-state index contributed by atoms with van der Waals surface area (Å²) in [4.78, 5) is 14.6. The zero-order valence-corrected chi connectivity index (χ0v) is 8.60. The van der Waals surface area contributed by atoms with Gasteiger partial charge in [-0.15, -0.1) is 0 Å². The van der Waals surface area contributed by atoms with Gasteiger partial charge in [0.25, 0.3) is 0 Å². The van der Waals surface area contributed by atoms with Crippen molar-refractivity contribution in [2.24, 2.45) is 0 Å². The van der Waals surface area contributed by atoms with Crippen LogP contribution in [-0.2, 0) is 0 Å². The lowest BCUT2D eigenvalue weighted by atomic mass is 10.3. The molecule has 0 radical (unpaired) electrons. The Labute approximate surface area is 88.7 Å². The number of rotatable bonds is 5. The Morgan fingerprint density at radius 3 is 3.13 bits per heavy atom. The lowest BCUT2D eigenvalue weighted by molar-refractivity contribution is 0.0691. The average molecular weight is 206 g/mol. The van der Waals surface area contributed by atoms with E-state index in [1.807, 2.05) is 19.1 Å². The molecule has 0 amide bonds. The largest absolute Gasteiger partial charge is 0.476 e. The van der Waals surface area contributed by atoms with Gasteiger partial charge in [0.15, 0.2) is 5.69 Å². The van der Waals surface area contributed by atoms with E-state index in [0.29, 0.717) is 12.2 Å². The molecule has 1 rings (SSSR count). The third-order valence-corrected chi connectivity index (χ3v) is 1.87. The Morgan fingerprint density at radius 1 is 1.67 bits per heavy atom. The van der Waals surface area contributed by atoms with E-state index in [2.05, 4.69) is 10.3 Å². The number of hydrogen-bond acceptors (Lipinski definition) is 3. The van der Waals surface area contributed by atoms with Gasteiger partial charge in [0, 0.05) is 12.7 Å². The molecule has 0 spiro atoms. The van der Waals surface area contributed by atoms with Gasteiger partial charge in [-0.1, -0.05) is 12.2 Å². The third kappa shape index (κ3) is 3.42. The van der Waals surface area contributed by atoms with E-state index in [0.717, 1.165) is 6.42 Å². The average Bonchev–Trinajstić information content (AvgIpc) is 2.25. The molecular weight excluding hydrogens is 192 g/mol. The summed E-state index contributed by atoms with van der Waals surface area (Å²) in [5, 5.41) is 11.9. The zero-order chi connectivity index (χ0) is 11.1. The quantitative estimate of drug-likeness (QED) is 0.572. The molecule has 4 heteroatoms. The van der Waals surface area contributed by atoms with Gasteiger partial charge in [-0.2, -0.15) is 0 Å². The van der Waals surface area contributed by atoms with Crippen molar-refractivity contribution in [2.45, 2.75) is 13.3 Å². The first-order chi connectivity index (χ1) is 7.25. The van der Waals surface area contributed by atoms with Crippen LogP contribution in [0.25, 0.3) is 0 Å². The molecule has 0 bridgehead atoms. The number of carboxylic acids is 1. The van der Waals surface area contributed by atoms with Gasteiger partial charge in [-0.25, -0.2) is 9.78 Å². The Morgan fingerprint density at radius 2 is 2.47 bits per heavy atom. The second kappa shape index (κ2) is 5.80. The van der Waals surface area contributed by atoms with Gasteiger partial charge in [-0.3, -0.25) is 0 Å². The normalized spacial score (nSPS) is 10.5. The van der Waals surface area contributed by atoms with Crippen LogP contribution in [0.3, 0.4) is 0 Å². The Balaban J connectivity index is 2.63. The summed E-state index contributed by atoms with van der Waals surface area (Å²) in [7, 11) is 0. The van der Waals surface area contributed by atoms with Gasteiger partial charge in [0.05, 0.1) is 5.69 Å². The summed E-state index contributed by atoms with van der Waals surface area (Å²) >= 11 is 0. The predicted molar refractivity (Wildman–Crippen MR) is 59.1 cm³/mol. The zero-order valence-electron chi connectivity index (χ0n) is 8.60. The van der Waals surface area contributed by atoms with E-state index in [9.17, 15) is 4.79 Å². The molecule has 0 saturated heterocycles. The lowest BCUT2D eigenvalue weighted by Crippen LogP contribution is -2.08. The van der Waals surface area contributed by atoms with Crippen LogP contribution in [0, 0.1) is 0 Å². The van der Waals surface area contributed by atoms with E-state index < -0.39 is 5.97 Å². The molecule has 0 saturated carbocycles. The van der Waals surface area contributed by atoms with Crippen molar-refractivity contribution in [3.05, 3.63) is 36.2 Å². The van der Waals surface area contributed by atoms with Crippen LogP contribution >= 0.6 is 0 Å². The minimum atomic E-state index is -1.01. The molecule has 0 unspecified atom stereocenters. The van der Waals surface area contributed by atoms with E-state index >= 15 is 0 Å². The maximum atomic E-state index is 10.8. The smallest absolute Gasteiger partial charge is 0.356 e. The van der Waals surface area contributed by atoms with Crippen LogP contribution in [0.1, 0.15) is 23.8 Å². The molecule has 80 valence electrons. The molecule has 1 aromatic heterocycles. The van der Waals surface area contributed by atoms with Crippen LogP contribution < -0.4 is 5.32 Å². The minimum Gasteiger partial charge on any atom is -0.476 e. The highest BCUT2D eigenvalue weighted by Crippen LogP contribution is 2.11. The summed E-state index contributed by atoms with van der Waals surface area (Å²) in [6, 6.07) is 3.43. The number of anilines is 1. The summed E-state index contributed by atoms with van der Waals surface area (Å²) in [6.07, 6.45) is 6.32. The van der Waals surface area contributed by atoms with Crippen LogP contribution in [0.2, 0.25) is 0 Å². The van der Waals surface area contributed by atoms with Gasteiger partial charge in [0.2, 0.25) is 0 Å². The van der Waals surface area contributed by atoms with Gasteiger partial charge in [-0.05, 0) is 25.5 Å².